The highest BCUT2D eigenvalue weighted by Crippen LogP contribution is 2.21. The SMILES string of the molecule is CC[C@H](CO)N1C[C@@H](C(=O)O)CC1=O. The fourth-order valence-electron chi connectivity index (χ4n) is 1.70. The first kappa shape index (κ1) is 11.0. The highest BCUT2D eigenvalue weighted by molar-refractivity contribution is 5.86. The van der Waals surface area contributed by atoms with E-state index in [9.17, 15) is 9.59 Å². The molecule has 2 atom stereocenters. The number of carboxylic acids is 1. The Morgan fingerprint density at radius 1 is 1.71 bits per heavy atom. The van der Waals surface area contributed by atoms with Gasteiger partial charge in [0.25, 0.3) is 0 Å². The van der Waals surface area contributed by atoms with Gasteiger partial charge in [-0.1, -0.05) is 6.92 Å². The zero-order valence-electron chi connectivity index (χ0n) is 8.14. The quantitative estimate of drug-likeness (QED) is 0.654. The molecule has 1 aliphatic rings. The Balaban J connectivity index is 2.64. The van der Waals surface area contributed by atoms with E-state index in [4.69, 9.17) is 10.2 Å². The second-order valence-electron chi connectivity index (χ2n) is 3.53. The van der Waals surface area contributed by atoms with Gasteiger partial charge in [-0.05, 0) is 6.42 Å². The number of aliphatic hydroxyl groups is 1. The van der Waals surface area contributed by atoms with Crippen molar-refractivity contribution >= 4 is 11.9 Å². The summed E-state index contributed by atoms with van der Waals surface area (Å²) in [7, 11) is 0. The molecule has 0 spiro atoms. The summed E-state index contributed by atoms with van der Waals surface area (Å²) in [5.74, 6) is -1.71. The molecule has 0 saturated carbocycles. The Morgan fingerprint density at radius 2 is 2.36 bits per heavy atom. The Morgan fingerprint density at radius 3 is 2.71 bits per heavy atom. The zero-order valence-corrected chi connectivity index (χ0v) is 8.14. The fourth-order valence-corrected chi connectivity index (χ4v) is 1.70. The third-order valence-electron chi connectivity index (χ3n) is 2.63. The summed E-state index contributed by atoms with van der Waals surface area (Å²) in [5, 5.41) is 17.7. The molecule has 0 aromatic heterocycles. The zero-order chi connectivity index (χ0) is 10.7. The van der Waals surface area contributed by atoms with Gasteiger partial charge in [0.15, 0.2) is 0 Å². The van der Waals surface area contributed by atoms with Crippen LogP contribution in [0.4, 0.5) is 0 Å². The molecule has 0 aromatic carbocycles. The van der Waals surface area contributed by atoms with E-state index in [0.29, 0.717) is 6.42 Å². The van der Waals surface area contributed by atoms with Crippen molar-refractivity contribution in [2.75, 3.05) is 13.2 Å². The summed E-state index contributed by atoms with van der Waals surface area (Å²) >= 11 is 0. The standard InChI is InChI=1S/C9H15NO4/c1-2-7(5-11)10-4-6(9(13)14)3-8(10)12/h6-7,11H,2-5H2,1H3,(H,13,14)/t6-,7+/m0/s1. The Hall–Kier alpha value is -1.10. The van der Waals surface area contributed by atoms with E-state index < -0.39 is 11.9 Å². The Kier molecular flexibility index (Phi) is 3.46. The molecule has 80 valence electrons. The minimum atomic E-state index is -0.936. The van der Waals surface area contributed by atoms with Gasteiger partial charge >= 0.3 is 5.97 Å². The van der Waals surface area contributed by atoms with Crippen LogP contribution in [0.1, 0.15) is 19.8 Å². The van der Waals surface area contributed by atoms with Crippen molar-refractivity contribution in [3.8, 4) is 0 Å². The highest BCUT2D eigenvalue weighted by atomic mass is 16.4. The number of carbonyl (C=O) groups is 2. The minimum Gasteiger partial charge on any atom is -0.481 e. The largest absolute Gasteiger partial charge is 0.481 e. The maximum Gasteiger partial charge on any atom is 0.308 e. The lowest BCUT2D eigenvalue weighted by Crippen LogP contribution is -2.39. The van der Waals surface area contributed by atoms with E-state index in [1.165, 1.54) is 4.90 Å². The number of aliphatic hydroxyl groups excluding tert-OH is 1. The highest BCUT2D eigenvalue weighted by Gasteiger charge is 2.36. The molecule has 14 heavy (non-hydrogen) atoms. The predicted octanol–water partition coefficient (Wildman–Crippen LogP) is -0.310. The van der Waals surface area contributed by atoms with Crippen LogP contribution in [0.3, 0.4) is 0 Å². The first-order chi connectivity index (χ1) is 6.60. The van der Waals surface area contributed by atoms with Crippen molar-refractivity contribution in [1.82, 2.24) is 4.90 Å². The van der Waals surface area contributed by atoms with Crippen molar-refractivity contribution in [3.63, 3.8) is 0 Å². The van der Waals surface area contributed by atoms with Crippen LogP contribution in [0.2, 0.25) is 0 Å². The van der Waals surface area contributed by atoms with Crippen molar-refractivity contribution in [2.45, 2.75) is 25.8 Å². The summed E-state index contributed by atoms with van der Waals surface area (Å²) in [6, 6.07) is -0.230. The van der Waals surface area contributed by atoms with Gasteiger partial charge in [-0.25, -0.2) is 0 Å². The van der Waals surface area contributed by atoms with Gasteiger partial charge in [-0.2, -0.15) is 0 Å². The van der Waals surface area contributed by atoms with Gasteiger partial charge in [0.05, 0.1) is 18.6 Å². The lowest BCUT2D eigenvalue weighted by atomic mass is 10.1. The van der Waals surface area contributed by atoms with Gasteiger partial charge in [0.1, 0.15) is 0 Å². The number of rotatable bonds is 4. The number of hydrogen-bond donors (Lipinski definition) is 2. The molecular formula is C9H15NO4. The van der Waals surface area contributed by atoms with Crippen LogP contribution >= 0.6 is 0 Å². The molecule has 1 fully saturated rings. The molecule has 1 amide bonds. The molecule has 5 nitrogen and oxygen atoms in total. The lowest BCUT2D eigenvalue weighted by molar-refractivity contribution is -0.141. The van der Waals surface area contributed by atoms with E-state index in [2.05, 4.69) is 0 Å². The van der Waals surface area contributed by atoms with Crippen molar-refractivity contribution in [1.29, 1.82) is 0 Å². The first-order valence-electron chi connectivity index (χ1n) is 4.73. The van der Waals surface area contributed by atoms with Crippen LogP contribution in [-0.2, 0) is 9.59 Å². The number of nitrogens with zero attached hydrogens (tertiary/aromatic N) is 1. The second-order valence-corrected chi connectivity index (χ2v) is 3.53. The molecule has 1 heterocycles. The normalized spacial score (nSPS) is 24.0. The maximum absolute atomic E-state index is 11.4. The van der Waals surface area contributed by atoms with Gasteiger partial charge in [0.2, 0.25) is 5.91 Å². The number of carboxylic acid groups (broad SMARTS) is 1. The molecule has 1 aliphatic heterocycles. The Bertz CT molecular complexity index is 237. The molecule has 0 aliphatic carbocycles. The van der Waals surface area contributed by atoms with Gasteiger partial charge in [0, 0.05) is 13.0 Å². The van der Waals surface area contributed by atoms with Gasteiger partial charge in [-0.15, -0.1) is 0 Å². The first-order valence-corrected chi connectivity index (χ1v) is 4.73. The molecule has 5 heteroatoms. The van der Waals surface area contributed by atoms with E-state index in [0.717, 1.165) is 0 Å². The van der Waals surface area contributed by atoms with E-state index in [1.807, 2.05) is 6.92 Å². The average Bonchev–Trinajstić information content (AvgIpc) is 2.51. The molecule has 1 rings (SSSR count). The molecule has 0 radical (unpaired) electrons. The molecule has 0 bridgehead atoms. The third-order valence-corrected chi connectivity index (χ3v) is 2.63. The molecule has 2 N–H and O–H groups in total. The lowest BCUT2D eigenvalue weighted by Gasteiger charge is -2.24. The third kappa shape index (κ3) is 2.04. The van der Waals surface area contributed by atoms with Crippen LogP contribution in [-0.4, -0.2) is 46.2 Å². The molecule has 0 unspecified atom stereocenters. The Labute approximate surface area is 82.3 Å². The fraction of sp³-hybridized carbons (Fsp3) is 0.778. The molecular weight excluding hydrogens is 186 g/mol. The van der Waals surface area contributed by atoms with E-state index >= 15 is 0 Å². The summed E-state index contributed by atoms with van der Waals surface area (Å²) < 4.78 is 0. The van der Waals surface area contributed by atoms with Crippen LogP contribution in [0, 0.1) is 5.92 Å². The number of carbonyl (C=O) groups excluding carboxylic acids is 1. The van der Waals surface area contributed by atoms with Gasteiger partial charge < -0.3 is 15.1 Å². The summed E-state index contributed by atoms with van der Waals surface area (Å²) in [4.78, 5) is 23.5. The van der Waals surface area contributed by atoms with E-state index in [-0.39, 0.29) is 31.5 Å². The van der Waals surface area contributed by atoms with Gasteiger partial charge in [-0.3, -0.25) is 9.59 Å². The van der Waals surface area contributed by atoms with E-state index in [1.54, 1.807) is 0 Å². The van der Waals surface area contributed by atoms with Crippen LogP contribution in [0.15, 0.2) is 0 Å². The monoisotopic (exact) mass is 201 g/mol. The predicted molar refractivity (Wildman–Crippen MR) is 48.6 cm³/mol. The topological polar surface area (TPSA) is 77.8 Å². The maximum atomic E-state index is 11.4. The molecule has 1 saturated heterocycles. The van der Waals surface area contributed by atoms with Crippen LogP contribution < -0.4 is 0 Å². The van der Waals surface area contributed by atoms with Crippen LogP contribution in [0.5, 0.6) is 0 Å². The van der Waals surface area contributed by atoms with Crippen LogP contribution in [0.25, 0.3) is 0 Å². The number of likely N-dealkylation sites (tertiary alicyclic amines) is 1. The van der Waals surface area contributed by atoms with Crippen molar-refractivity contribution in [2.24, 2.45) is 5.92 Å². The minimum absolute atomic E-state index is 0.0613. The molecule has 0 aromatic rings. The number of aliphatic carboxylic acids is 1. The number of amides is 1. The number of hydrogen-bond acceptors (Lipinski definition) is 3. The average molecular weight is 201 g/mol. The summed E-state index contributed by atoms with van der Waals surface area (Å²) in [6.45, 7) is 1.99. The van der Waals surface area contributed by atoms with Crippen molar-refractivity contribution in [3.05, 3.63) is 0 Å². The summed E-state index contributed by atoms with van der Waals surface area (Å²) in [5.41, 5.74) is 0. The smallest absolute Gasteiger partial charge is 0.308 e. The summed E-state index contributed by atoms with van der Waals surface area (Å²) in [6.07, 6.45) is 0.709. The second kappa shape index (κ2) is 4.41. The van der Waals surface area contributed by atoms with Crippen molar-refractivity contribution < 1.29 is 19.8 Å².